The molecule has 0 saturated carbocycles. The van der Waals surface area contributed by atoms with E-state index in [-0.39, 0.29) is 0 Å². The van der Waals surface area contributed by atoms with Crippen molar-refractivity contribution in [1.29, 1.82) is 0 Å². The molecule has 12 heavy (non-hydrogen) atoms. The lowest BCUT2D eigenvalue weighted by Crippen LogP contribution is -2.30. The average molecular weight is 234 g/mol. The third-order valence-corrected chi connectivity index (χ3v) is 4.17. The van der Waals surface area contributed by atoms with Crippen molar-refractivity contribution < 1.29 is 0 Å². The van der Waals surface area contributed by atoms with E-state index in [9.17, 15) is 0 Å². The molecule has 1 saturated heterocycles. The van der Waals surface area contributed by atoms with Gasteiger partial charge in [-0.05, 0) is 19.3 Å². The second kappa shape index (κ2) is 4.61. The zero-order valence-electron chi connectivity index (χ0n) is 8.39. The standard InChI is InChI=1S/C10H20BrN/c1-4-8(3)12-6-9(5-2)10(11)7-12/h8-10H,4-7H2,1-3H3. The van der Waals surface area contributed by atoms with Crippen LogP contribution in [0.1, 0.15) is 33.6 Å². The average Bonchev–Trinajstić information content (AvgIpc) is 2.45. The highest BCUT2D eigenvalue weighted by Gasteiger charge is 2.31. The van der Waals surface area contributed by atoms with Gasteiger partial charge in [0.25, 0.3) is 0 Å². The van der Waals surface area contributed by atoms with Gasteiger partial charge in [0, 0.05) is 24.0 Å². The summed E-state index contributed by atoms with van der Waals surface area (Å²) in [4.78, 5) is 3.34. The molecule has 1 rings (SSSR count). The van der Waals surface area contributed by atoms with Crippen LogP contribution in [0.2, 0.25) is 0 Å². The highest BCUT2D eigenvalue weighted by Crippen LogP contribution is 2.27. The van der Waals surface area contributed by atoms with Crippen molar-refractivity contribution in [2.45, 2.75) is 44.5 Å². The van der Waals surface area contributed by atoms with Crippen LogP contribution in [0.15, 0.2) is 0 Å². The summed E-state index contributed by atoms with van der Waals surface area (Å²) in [5.41, 5.74) is 0. The number of hydrogen-bond acceptors (Lipinski definition) is 1. The Kier molecular flexibility index (Phi) is 4.04. The van der Waals surface area contributed by atoms with Crippen molar-refractivity contribution in [3.63, 3.8) is 0 Å². The van der Waals surface area contributed by atoms with E-state index in [0.717, 1.165) is 16.8 Å². The molecule has 3 unspecified atom stereocenters. The van der Waals surface area contributed by atoms with Gasteiger partial charge in [0.15, 0.2) is 0 Å². The van der Waals surface area contributed by atoms with Crippen LogP contribution in [0.5, 0.6) is 0 Å². The van der Waals surface area contributed by atoms with Gasteiger partial charge in [-0.2, -0.15) is 0 Å². The summed E-state index contributed by atoms with van der Waals surface area (Å²) in [6.07, 6.45) is 2.58. The van der Waals surface area contributed by atoms with Gasteiger partial charge in [0.05, 0.1) is 0 Å². The van der Waals surface area contributed by atoms with Crippen molar-refractivity contribution in [2.75, 3.05) is 13.1 Å². The van der Waals surface area contributed by atoms with Crippen LogP contribution in [-0.2, 0) is 0 Å². The zero-order chi connectivity index (χ0) is 9.14. The van der Waals surface area contributed by atoms with Crippen LogP contribution in [0.4, 0.5) is 0 Å². The summed E-state index contributed by atoms with van der Waals surface area (Å²) in [5.74, 6) is 0.874. The number of alkyl halides is 1. The summed E-state index contributed by atoms with van der Waals surface area (Å²) in [7, 11) is 0. The summed E-state index contributed by atoms with van der Waals surface area (Å²) < 4.78 is 0. The lowest BCUT2D eigenvalue weighted by Gasteiger charge is -2.22. The Bertz CT molecular complexity index is 138. The lowest BCUT2D eigenvalue weighted by atomic mass is 10.1. The Balaban J connectivity index is 2.42. The Morgan fingerprint density at radius 1 is 1.42 bits per heavy atom. The van der Waals surface area contributed by atoms with Crippen molar-refractivity contribution in [1.82, 2.24) is 4.90 Å². The minimum atomic E-state index is 0.733. The topological polar surface area (TPSA) is 3.24 Å². The Hall–Kier alpha value is 0.440. The van der Waals surface area contributed by atoms with E-state index < -0.39 is 0 Å². The number of rotatable bonds is 3. The predicted octanol–water partition coefficient (Wildman–Crippen LogP) is 2.89. The van der Waals surface area contributed by atoms with E-state index in [0.29, 0.717) is 0 Å². The molecule has 1 fully saturated rings. The van der Waals surface area contributed by atoms with Gasteiger partial charge in [-0.15, -0.1) is 0 Å². The van der Waals surface area contributed by atoms with Crippen LogP contribution in [-0.4, -0.2) is 28.9 Å². The molecular weight excluding hydrogens is 214 g/mol. The van der Waals surface area contributed by atoms with Gasteiger partial charge in [0.2, 0.25) is 0 Å². The monoisotopic (exact) mass is 233 g/mol. The van der Waals surface area contributed by atoms with Gasteiger partial charge < -0.3 is 0 Å². The largest absolute Gasteiger partial charge is 0.299 e. The van der Waals surface area contributed by atoms with E-state index in [4.69, 9.17) is 0 Å². The van der Waals surface area contributed by atoms with Gasteiger partial charge >= 0.3 is 0 Å². The molecule has 0 aromatic heterocycles. The minimum absolute atomic E-state index is 0.733. The highest BCUT2D eigenvalue weighted by molar-refractivity contribution is 9.09. The number of likely N-dealkylation sites (tertiary alicyclic amines) is 1. The van der Waals surface area contributed by atoms with E-state index in [2.05, 4.69) is 41.6 Å². The fraction of sp³-hybridized carbons (Fsp3) is 1.00. The van der Waals surface area contributed by atoms with E-state index >= 15 is 0 Å². The van der Waals surface area contributed by atoms with E-state index in [1.165, 1.54) is 25.9 Å². The third-order valence-electron chi connectivity index (χ3n) is 3.13. The smallest absolute Gasteiger partial charge is 0.0313 e. The highest BCUT2D eigenvalue weighted by atomic mass is 79.9. The third kappa shape index (κ3) is 2.23. The van der Waals surface area contributed by atoms with Crippen LogP contribution >= 0.6 is 15.9 Å². The molecule has 1 nitrogen and oxygen atoms in total. The fourth-order valence-electron chi connectivity index (χ4n) is 1.87. The van der Waals surface area contributed by atoms with Crippen LogP contribution in [0.25, 0.3) is 0 Å². The first-order valence-electron chi connectivity index (χ1n) is 5.07. The second-order valence-electron chi connectivity index (χ2n) is 3.90. The molecule has 0 radical (unpaired) electrons. The molecule has 72 valence electrons. The number of halogens is 1. The van der Waals surface area contributed by atoms with E-state index in [1.807, 2.05) is 0 Å². The maximum Gasteiger partial charge on any atom is 0.0313 e. The molecule has 1 aliphatic rings. The van der Waals surface area contributed by atoms with Gasteiger partial charge in [-0.25, -0.2) is 0 Å². The summed E-state index contributed by atoms with van der Waals surface area (Å²) in [6, 6.07) is 0.765. The molecule has 0 aliphatic carbocycles. The van der Waals surface area contributed by atoms with Crippen molar-refractivity contribution in [2.24, 2.45) is 5.92 Å². The Morgan fingerprint density at radius 3 is 2.50 bits per heavy atom. The lowest BCUT2D eigenvalue weighted by molar-refractivity contribution is 0.243. The Morgan fingerprint density at radius 2 is 2.08 bits per heavy atom. The second-order valence-corrected chi connectivity index (χ2v) is 5.07. The Labute approximate surface area is 84.6 Å². The first-order chi connectivity index (χ1) is 5.69. The first kappa shape index (κ1) is 10.5. The van der Waals surface area contributed by atoms with Crippen molar-refractivity contribution in [3.05, 3.63) is 0 Å². The summed E-state index contributed by atoms with van der Waals surface area (Å²) in [6.45, 7) is 9.43. The normalized spacial score (nSPS) is 34.0. The van der Waals surface area contributed by atoms with Gasteiger partial charge in [0.1, 0.15) is 0 Å². The van der Waals surface area contributed by atoms with Crippen LogP contribution < -0.4 is 0 Å². The predicted molar refractivity (Wildman–Crippen MR) is 57.8 cm³/mol. The summed E-state index contributed by atoms with van der Waals surface area (Å²) >= 11 is 3.76. The molecule has 1 heterocycles. The molecule has 2 heteroatoms. The van der Waals surface area contributed by atoms with Gasteiger partial charge in [-0.1, -0.05) is 36.2 Å². The van der Waals surface area contributed by atoms with Crippen molar-refractivity contribution in [3.8, 4) is 0 Å². The first-order valence-corrected chi connectivity index (χ1v) is 5.98. The molecular formula is C10H20BrN. The number of nitrogens with zero attached hydrogens (tertiary/aromatic N) is 1. The quantitative estimate of drug-likeness (QED) is 0.679. The fourth-order valence-corrected chi connectivity index (χ4v) is 2.78. The van der Waals surface area contributed by atoms with Crippen LogP contribution in [0.3, 0.4) is 0 Å². The number of hydrogen-bond donors (Lipinski definition) is 0. The molecule has 1 aliphatic heterocycles. The maximum absolute atomic E-state index is 3.76. The van der Waals surface area contributed by atoms with Gasteiger partial charge in [-0.3, -0.25) is 4.90 Å². The molecule has 3 atom stereocenters. The maximum atomic E-state index is 3.76. The SMILES string of the molecule is CCC1CN(C(C)CC)CC1Br. The summed E-state index contributed by atoms with van der Waals surface area (Å²) in [5, 5.41) is 0. The molecule has 0 spiro atoms. The van der Waals surface area contributed by atoms with Crippen molar-refractivity contribution >= 4 is 15.9 Å². The minimum Gasteiger partial charge on any atom is -0.299 e. The molecule has 0 aromatic rings. The molecule has 0 aromatic carbocycles. The van der Waals surface area contributed by atoms with Crippen LogP contribution in [0, 0.1) is 5.92 Å². The molecule has 0 bridgehead atoms. The van der Waals surface area contributed by atoms with E-state index in [1.54, 1.807) is 0 Å². The molecule has 0 amide bonds. The zero-order valence-corrected chi connectivity index (χ0v) is 9.97. The molecule has 0 N–H and O–H groups in total.